The highest BCUT2D eigenvalue weighted by Crippen LogP contribution is 2.34. The van der Waals surface area contributed by atoms with Gasteiger partial charge in [-0.2, -0.15) is 0 Å². The van der Waals surface area contributed by atoms with Gasteiger partial charge in [-0.3, -0.25) is 9.59 Å². The van der Waals surface area contributed by atoms with Crippen molar-refractivity contribution in [3.8, 4) is 5.75 Å². The van der Waals surface area contributed by atoms with E-state index >= 15 is 0 Å². The minimum Gasteiger partial charge on any atom is -0.497 e. The number of amides is 2. The van der Waals surface area contributed by atoms with E-state index in [9.17, 15) is 9.59 Å². The minimum atomic E-state index is -0.261. The molecule has 7 nitrogen and oxygen atoms in total. The third kappa shape index (κ3) is 3.30. The van der Waals surface area contributed by atoms with Gasteiger partial charge in [0.2, 0.25) is 0 Å². The van der Waals surface area contributed by atoms with Crippen molar-refractivity contribution in [1.82, 2.24) is 9.97 Å². The van der Waals surface area contributed by atoms with Crippen molar-refractivity contribution >= 4 is 34.8 Å². The maximum atomic E-state index is 12.5. The molecule has 2 heterocycles. The molecule has 4 rings (SSSR count). The molecule has 1 aliphatic rings. The van der Waals surface area contributed by atoms with Crippen LogP contribution in [-0.4, -0.2) is 28.9 Å². The Hall–Kier alpha value is -3.87. The van der Waals surface area contributed by atoms with Crippen LogP contribution in [0.25, 0.3) is 11.6 Å². The van der Waals surface area contributed by atoms with E-state index in [4.69, 9.17) is 4.74 Å². The Kier molecular flexibility index (Phi) is 4.18. The molecular formula is C20H16N4O3. The SMILES string of the molecule is COc1cccc(C(=O)Nc2ccc3c(c2)C(=Cc2ncc[nH]2)C(=O)N3)c1. The summed E-state index contributed by atoms with van der Waals surface area (Å²) in [6, 6.07) is 12.2. The molecule has 7 heteroatoms. The van der Waals surface area contributed by atoms with Gasteiger partial charge in [0.1, 0.15) is 11.6 Å². The predicted octanol–water partition coefficient (Wildman–Crippen LogP) is 3.16. The van der Waals surface area contributed by atoms with E-state index in [0.29, 0.717) is 39.6 Å². The smallest absolute Gasteiger partial charge is 0.256 e. The van der Waals surface area contributed by atoms with Gasteiger partial charge in [0.25, 0.3) is 11.8 Å². The predicted molar refractivity (Wildman–Crippen MR) is 102 cm³/mol. The minimum absolute atomic E-state index is 0.210. The van der Waals surface area contributed by atoms with Crippen molar-refractivity contribution in [1.29, 1.82) is 0 Å². The molecule has 0 saturated heterocycles. The summed E-state index contributed by atoms with van der Waals surface area (Å²) >= 11 is 0. The molecule has 0 atom stereocenters. The molecule has 2 amide bonds. The standard InChI is InChI=1S/C20H16N4O3/c1-27-14-4-2-3-12(9-14)19(25)23-13-5-6-17-15(10-13)16(20(26)24-17)11-18-21-7-8-22-18/h2-11H,1H3,(H,21,22)(H,23,25)(H,24,26). The van der Waals surface area contributed by atoms with Crippen molar-refractivity contribution in [2.75, 3.05) is 17.7 Å². The second-order valence-electron chi connectivity index (χ2n) is 5.93. The maximum Gasteiger partial charge on any atom is 0.256 e. The van der Waals surface area contributed by atoms with Crippen LogP contribution in [0.4, 0.5) is 11.4 Å². The van der Waals surface area contributed by atoms with Crippen molar-refractivity contribution < 1.29 is 14.3 Å². The normalized spacial score (nSPS) is 14.0. The number of ether oxygens (including phenoxy) is 1. The third-order valence-electron chi connectivity index (χ3n) is 4.19. The molecule has 134 valence electrons. The molecule has 3 aromatic rings. The number of hydrogen-bond acceptors (Lipinski definition) is 4. The van der Waals surface area contributed by atoms with Crippen LogP contribution in [0.2, 0.25) is 0 Å². The summed E-state index contributed by atoms with van der Waals surface area (Å²) in [4.78, 5) is 31.8. The van der Waals surface area contributed by atoms with Crippen molar-refractivity contribution in [3.05, 3.63) is 71.8 Å². The van der Waals surface area contributed by atoms with Gasteiger partial charge in [-0.15, -0.1) is 0 Å². The van der Waals surface area contributed by atoms with E-state index in [-0.39, 0.29) is 11.8 Å². The number of imidazole rings is 1. The summed E-state index contributed by atoms with van der Waals surface area (Å²) < 4.78 is 5.15. The average molecular weight is 360 g/mol. The molecule has 0 aliphatic carbocycles. The molecule has 3 N–H and O–H groups in total. The number of methoxy groups -OCH3 is 1. The van der Waals surface area contributed by atoms with Crippen molar-refractivity contribution in [2.24, 2.45) is 0 Å². The Morgan fingerprint density at radius 3 is 2.89 bits per heavy atom. The highest BCUT2D eigenvalue weighted by molar-refractivity contribution is 6.35. The van der Waals surface area contributed by atoms with Gasteiger partial charge >= 0.3 is 0 Å². The molecule has 1 aromatic heterocycles. The molecule has 0 radical (unpaired) electrons. The lowest BCUT2D eigenvalue weighted by Gasteiger charge is -2.08. The molecule has 0 spiro atoms. The van der Waals surface area contributed by atoms with Crippen LogP contribution >= 0.6 is 0 Å². The zero-order valence-electron chi connectivity index (χ0n) is 14.4. The Bertz CT molecular complexity index is 1050. The van der Waals surface area contributed by atoms with Crippen LogP contribution in [0.5, 0.6) is 5.75 Å². The van der Waals surface area contributed by atoms with Gasteiger partial charge in [0.15, 0.2) is 0 Å². The number of nitrogens with zero attached hydrogens (tertiary/aromatic N) is 1. The number of carbonyl (C=O) groups is 2. The number of fused-ring (bicyclic) bond motifs is 1. The number of carbonyl (C=O) groups excluding carboxylic acids is 2. The summed E-state index contributed by atoms with van der Waals surface area (Å²) in [7, 11) is 1.55. The topological polar surface area (TPSA) is 96.1 Å². The molecule has 0 fully saturated rings. The highest BCUT2D eigenvalue weighted by atomic mass is 16.5. The molecule has 0 saturated carbocycles. The Balaban J connectivity index is 1.62. The van der Waals surface area contributed by atoms with E-state index in [0.717, 1.165) is 0 Å². The second-order valence-corrected chi connectivity index (χ2v) is 5.93. The largest absolute Gasteiger partial charge is 0.497 e. The molecule has 2 aromatic carbocycles. The lowest BCUT2D eigenvalue weighted by Crippen LogP contribution is -2.12. The van der Waals surface area contributed by atoms with Gasteiger partial charge in [0, 0.05) is 34.9 Å². The van der Waals surface area contributed by atoms with Crippen LogP contribution in [0.15, 0.2) is 54.9 Å². The fourth-order valence-corrected chi connectivity index (χ4v) is 2.87. The maximum absolute atomic E-state index is 12.5. The number of rotatable bonds is 4. The fraction of sp³-hybridized carbons (Fsp3) is 0.0500. The number of anilines is 2. The summed E-state index contributed by atoms with van der Waals surface area (Å²) in [5.41, 5.74) is 2.95. The van der Waals surface area contributed by atoms with Gasteiger partial charge in [-0.05, 0) is 42.5 Å². The fourth-order valence-electron chi connectivity index (χ4n) is 2.87. The van der Waals surface area contributed by atoms with Gasteiger partial charge in [-0.1, -0.05) is 6.07 Å². The first-order chi connectivity index (χ1) is 13.1. The number of aromatic nitrogens is 2. The number of H-pyrrole nitrogens is 1. The Labute approximate surface area is 155 Å². The molecule has 1 aliphatic heterocycles. The molecular weight excluding hydrogens is 344 g/mol. The third-order valence-corrected chi connectivity index (χ3v) is 4.19. The van der Waals surface area contributed by atoms with Gasteiger partial charge in [0.05, 0.1) is 12.7 Å². The highest BCUT2D eigenvalue weighted by Gasteiger charge is 2.25. The quantitative estimate of drug-likeness (QED) is 0.623. The first-order valence-electron chi connectivity index (χ1n) is 8.26. The number of hydrogen-bond donors (Lipinski definition) is 3. The van der Waals surface area contributed by atoms with Crippen molar-refractivity contribution in [3.63, 3.8) is 0 Å². The zero-order valence-corrected chi connectivity index (χ0v) is 14.4. The van der Waals surface area contributed by atoms with E-state index < -0.39 is 0 Å². The van der Waals surface area contributed by atoms with Crippen molar-refractivity contribution in [2.45, 2.75) is 0 Å². The van der Waals surface area contributed by atoms with Crippen LogP contribution in [0, 0.1) is 0 Å². The van der Waals surface area contributed by atoms with E-state index in [2.05, 4.69) is 20.6 Å². The molecule has 0 bridgehead atoms. The summed E-state index contributed by atoms with van der Waals surface area (Å²) in [5, 5.41) is 5.66. The van der Waals surface area contributed by atoms with E-state index in [1.54, 1.807) is 68.0 Å². The van der Waals surface area contributed by atoms with Crippen LogP contribution in [0.1, 0.15) is 21.7 Å². The van der Waals surface area contributed by atoms with Crippen LogP contribution in [0.3, 0.4) is 0 Å². The first-order valence-corrected chi connectivity index (χ1v) is 8.26. The van der Waals surface area contributed by atoms with Gasteiger partial charge < -0.3 is 20.4 Å². The van der Waals surface area contributed by atoms with E-state index in [1.165, 1.54) is 0 Å². The molecule has 27 heavy (non-hydrogen) atoms. The average Bonchev–Trinajstić information content (AvgIpc) is 3.30. The Morgan fingerprint density at radius 2 is 2.11 bits per heavy atom. The van der Waals surface area contributed by atoms with Crippen LogP contribution < -0.4 is 15.4 Å². The molecule has 0 unspecified atom stereocenters. The van der Waals surface area contributed by atoms with Crippen LogP contribution in [-0.2, 0) is 4.79 Å². The number of nitrogens with one attached hydrogen (secondary N) is 3. The summed E-state index contributed by atoms with van der Waals surface area (Å²) in [6.07, 6.45) is 4.98. The summed E-state index contributed by atoms with van der Waals surface area (Å²) in [5.74, 6) is 0.717. The first kappa shape index (κ1) is 16.6. The lowest BCUT2D eigenvalue weighted by molar-refractivity contribution is -0.110. The number of benzene rings is 2. The lowest BCUT2D eigenvalue weighted by atomic mass is 10.1. The monoisotopic (exact) mass is 360 g/mol. The summed E-state index contributed by atoms with van der Waals surface area (Å²) in [6.45, 7) is 0. The van der Waals surface area contributed by atoms with E-state index in [1.807, 2.05) is 0 Å². The number of aromatic amines is 1. The second kappa shape index (κ2) is 6.80. The van der Waals surface area contributed by atoms with Gasteiger partial charge in [-0.25, -0.2) is 4.98 Å². The Morgan fingerprint density at radius 1 is 1.22 bits per heavy atom. The zero-order chi connectivity index (χ0) is 18.8.